The molecule has 0 aliphatic rings. The third-order valence-corrected chi connectivity index (χ3v) is 3.82. The molecule has 0 fully saturated rings. The highest BCUT2D eigenvalue weighted by atomic mass is 79.9. The lowest BCUT2D eigenvalue weighted by molar-refractivity contribution is -0.385. The molecule has 2 aromatic rings. The molecule has 0 aliphatic carbocycles. The summed E-state index contributed by atoms with van der Waals surface area (Å²) in [6, 6.07) is 10.3. The van der Waals surface area contributed by atoms with Crippen molar-refractivity contribution in [2.24, 2.45) is 0 Å². The molecule has 0 bridgehead atoms. The Morgan fingerprint density at radius 2 is 2.10 bits per heavy atom. The molecule has 0 spiro atoms. The second-order valence-electron chi connectivity index (χ2n) is 4.25. The van der Waals surface area contributed by atoms with Gasteiger partial charge >= 0.3 is 0 Å². The van der Waals surface area contributed by atoms with Crippen LogP contribution in [0.4, 0.5) is 11.4 Å². The highest BCUT2D eigenvalue weighted by Crippen LogP contribution is 2.29. The molecular formula is C14H12BrClN2O3. The predicted molar refractivity (Wildman–Crippen MR) is 86.1 cm³/mol. The van der Waals surface area contributed by atoms with Crippen LogP contribution in [0, 0.1) is 10.1 Å². The van der Waals surface area contributed by atoms with Gasteiger partial charge in [0.05, 0.1) is 21.5 Å². The van der Waals surface area contributed by atoms with E-state index in [0.717, 1.165) is 5.56 Å². The molecule has 2 aromatic carbocycles. The van der Waals surface area contributed by atoms with Crippen LogP contribution in [0.25, 0.3) is 0 Å². The molecule has 0 radical (unpaired) electrons. The van der Waals surface area contributed by atoms with E-state index >= 15 is 0 Å². The minimum absolute atomic E-state index is 0.0211. The summed E-state index contributed by atoms with van der Waals surface area (Å²) in [7, 11) is 1.56. The van der Waals surface area contributed by atoms with E-state index in [-0.39, 0.29) is 5.69 Å². The van der Waals surface area contributed by atoms with Crippen molar-refractivity contribution in [3.05, 3.63) is 61.6 Å². The fourth-order valence-corrected chi connectivity index (χ4v) is 2.46. The van der Waals surface area contributed by atoms with Gasteiger partial charge in [0, 0.05) is 18.3 Å². The molecule has 110 valence electrons. The first kappa shape index (κ1) is 15.6. The number of methoxy groups -OCH3 is 1. The molecule has 0 aromatic heterocycles. The molecule has 0 atom stereocenters. The van der Waals surface area contributed by atoms with Gasteiger partial charge in [-0.05, 0) is 45.8 Å². The van der Waals surface area contributed by atoms with Crippen molar-refractivity contribution in [1.29, 1.82) is 0 Å². The van der Waals surface area contributed by atoms with Crippen LogP contribution in [0.2, 0.25) is 5.02 Å². The first-order chi connectivity index (χ1) is 10.0. The van der Waals surface area contributed by atoms with Gasteiger partial charge in [0.15, 0.2) is 0 Å². The average molecular weight is 372 g/mol. The van der Waals surface area contributed by atoms with E-state index in [4.69, 9.17) is 16.3 Å². The lowest BCUT2D eigenvalue weighted by Gasteiger charge is -2.09. The summed E-state index contributed by atoms with van der Waals surface area (Å²) in [4.78, 5) is 10.4. The van der Waals surface area contributed by atoms with E-state index in [9.17, 15) is 10.1 Å². The second-order valence-corrected chi connectivity index (χ2v) is 5.51. The van der Waals surface area contributed by atoms with E-state index in [0.29, 0.717) is 27.5 Å². The number of benzene rings is 2. The van der Waals surface area contributed by atoms with Crippen LogP contribution in [-0.4, -0.2) is 12.0 Å². The van der Waals surface area contributed by atoms with Gasteiger partial charge in [0.1, 0.15) is 5.75 Å². The molecule has 7 heteroatoms. The lowest BCUT2D eigenvalue weighted by atomic mass is 10.2. The molecule has 2 rings (SSSR count). The number of nitro groups is 1. The van der Waals surface area contributed by atoms with E-state index in [2.05, 4.69) is 21.2 Å². The van der Waals surface area contributed by atoms with Gasteiger partial charge in [-0.25, -0.2) is 0 Å². The van der Waals surface area contributed by atoms with E-state index in [1.165, 1.54) is 6.07 Å². The van der Waals surface area contributed by atoms with Crippen LogP contribution in [-0.2, 0) is 6.54 Å². The molecule has 21 heavy (non-hydrogen) atoms. The van der Waals surface area contributed by atoms with Gasteiger partial charge in [0.2, 0.25) is 0 Å². The monoisotopic (exact) mass is 370 g/mol. The Labute approximate surface area is 135 Å². The summed E-state index contributed by atoms with van der Waals surface area (Å²) in [5.41, 5.74) is 1.64. The number of rotatable bonds is 5. The van der Waals surface area contributed by atoms with Gasteiger partial charge < -0.3 is 10.1 Å². The Morgan fingerprint density at radius 1 is 1.33 bits per heavy atom. The Kier molecular flexibility index (Phi) is 5.03. The fraction of sp³-hybridized carbons (Fsp3) is 0.143. The highest BCUT2D eigenvalue weighted by Gasteiger charge is 2.12. The third-order valence-electron chi connectivity index (χ3n) is 2.86. The van der Waals surface area contributed by atoms with Crippen LogP contribution in [0.15, 0.2) is 40.9 Å². The fourth-order valence-electron chi connectivity index (χ4n) is 1.79. The Bertz CT molecular complexity index is 679. The van der Waals surface area contributed by atoms with Crippen molar-refractivity contribution in [3.8, 4) is 5.75 Å². The summed E-state index contributed by atoms with van der Waals surface area (Å²) in [6.45, 7) is 0.502. The van der Waals surface area contributed by atoms with Gasteiger partial charge in [-0.1, -0.05) is 17.7 Å². The number of nitro benzene ring substituents is 1. The maximum Gasteiger partial charge on any atom is 0.285 e. The van der Waals surface area contributed by atoms with Crippen LogP contribution in [0.1, 0.15) is 5.56 Å². The van der Waals surface area contributed by atoms with Crippen molar-refractivity contribution in [2.75, 3.05) is 12.4 Å². The zero-order valence-corrected chi connectivity index (χ0v) is 13.4. The van der Waals surface area contributed by atoms with Crippen molar-refractivity contribution in [3.63, 3.8) is 0 Å². The number of nitrogens with zero attached hydrogens (tertiary/aromatic N) is 1. The van der Waals surface area contributed by atoms with Crippen molar-refractivity contribution >= 4 is 38.9 Å². The summed E-state index contributed by atoms with van der Waals surface area (Å²) in [5.74, 6) is 0.611. The van der Waals surface area contributed by atoms with Gasteiger partial charge in [-0.3, -0.25) is 10.1 Å². The smallest absolute Gasteiger partial charge is 0.285 e. The maximum absolute atomic E-state index is 10.9. The normalized spacial score (nSPS) is 10.2. The molecule has 5 nitrogen and oxygen atoms in total. The summed E-state index contributed by atoms with van der Waals surface area (Å²) in [6.07, 6.45) is 0. The topological polar surface area (TPSA) is 64.4 Å². The molecule has 1 N–H and O–H groups in total. The standard InChI is InChI=1S/C14H12BrClN2O3/c1-21-14-5-2-9(6-12(14)16)8-17-10-3-4-11(15)13(7-10)18(19)20/h2-7,17H,8H2,1H3. The summed E-state index contributed by atoms with van der Waals surface area (Å²) < 4.78 is 5.54. The second kappa shape index (κ2) is 6.78. The highest BCUT2D eigenvalue weighted by molar-refractivity contribution is 9.10. The van der Waals surface area contributed by atoms with Crippen molar-refractivity contribution in [1.82, 2.24) is 0 Å². The summed E-state index contributed by atoms with van der Waals surface area (Å²) >= 11 is 9.20. The number of halogens is 2. The lowest BCUT2D eigenvalue weighted by Crippen LogP contribution is -2.00. The Hall–Kier alpha value is -1.79. The molecule has 0 heterocycles. The molecule has 0 unspecified atom stereocenters. The summed E-state index contributed by atoms with van der Waals surface area (Å²) in [5, 5.41) is 14.5. The number of ether oxygens (including phenoxy) is 1. The SMILES string of the molecule is COc1ccc(CNc2ccc(Br)c([N+](=O)[O-])c2)cc1Cl. The van der Waals surface area contributed by atoms with Crippen LogP contribution >= 0.6 is 27.5 Å². The quantitative estimate of drug-likeness (QED) is 0.614. The third kappa shape index (κ3) is 3.86. The number of hydrogen-bond donors (Lipinski definition) is 1. The van der Waals surface area contributed by atoms with Gasteiger partial charge in [-0.2, -0.15) is 0 Å². The van der Waals surface area contributed by atoms with E-state index in [1.54, 1.807) is 31.4 Å². The van der Waals surface area contributed by atoms with Crippen molar-refractivity contribution in [2.45, 2.75) is 6.54 Å². The molecule has 0 amide bonds. The predicted octanol–water partition coefficient (Wildman–Crippen LogP) is 4.63. The Morgan fingerprint density at radius 3 is 2.71 bits per heavy atom. The molecule has 0 saturated carbocycles. The van der Waals surface area contributed by atoms with Crippen molar-refractivity contribution < 1.29 is 9.66 Å². The molecule has 0 aliphatic heterocycles. The van der Waals surface area contributed by atoms with Crippen LogP contribution in [0.5, 0.6) is 5.75 Å². The first-order valence-electron chi connectivity index (χ1n) is 6.01. The zero-order valence-electron chi connectivity index (χ0n) is 11.1. The number of anilines is 1. The average Bonchev–Trinajstić information content (AvgIpc) is 2.46. The molecule has 0 saturated heterocycles. The number of nitrogens with one attached hydrogen (secondary N) is 1. The molecular weight excluding hydrogens is 360 g/mol. The first-order valence-corrected chi connectivity index (χ1v) is 7.18. The number of hydrogen-bond acceptors (Lipinski definition) is 4. The van der Waals surface area contributed by atoms with E-state index in [1.807, 2.05) is 6.07 Å². The van der Waals surface area contributed by atoms with E-state index < -0.39 is 4.92 Å². The maximum atomic E-state index is 10.9. The minimum Gasteiger partial charge on any atom is -0.495 e. The largest absolute Gasteiger partial charge is 0.495 e. The van der Waals surface area contributed by atoms with Crippen LogP contribution in [0.3, 0.4) is 0 Å². The minimum atomic E-state index is -0.431. The van der Waals surface area contributed by atoms with Gasteiger partial charge in [-0.15, -0.1) is 0 Å². The zero-order chi connectivity index (χ0) is 15.4. The Balaban J connectivity index is 2.11. The van der Waals surface area contributed by atoms with Gasteiger partial charge in [0.25, 0.3) is 5.69 Å². The van der Waals surface area contributed by atoms with Crippen LogP contribution < -0.4 is 10.1 Å².